The average Bonchev–Trinajstić information content (AvgIpc) is 2.46. The van der Waals surface area contributed by atoms with Gasteiger partial charge >= 0.3 is 5.97 Å². The van der Waals surface area contributed by atoms with Gasteiger partial charge in [0.25, 0.3) is 0 Å². The molecule has 0 aliphatic rings. The second-order valence-electron chi connectivity index (χ2n) is 5.06. The lowest BCUT2D eigenvalue weighted by molar-refractivity contribution is -0.137. The molecule has 22 heavy (non-hydrogen) atoms. The molecule has 2 N–H and O–H groups in total. The third kappa shape index (κ3) is 7.88. The summed E-state index contributed by atoms with van der Waals surface area (Å²) in [4.78, 5) is 21.9. The first-order valence-corrected chi connectivity index (χ1v) is 7.74. The topological polar surface area (TPSA) is 75.6 Å². The van der Waals surface area contributed by atoms with Crippen LogP contribution >= 0.6 is 11.6 Å². The summed E-state index contributed by atoms with van der Waals surface area (Å²) in [5.74, 6) is -0.0944. The van der Waals surface area contributed by atoms with E-state index in [0.717, 1.165) is 11.3 Å². The normalized spacial score (nSPS) is 10.3. The molecule has 0 saturated heterocycles. The Labute approximate surface area is 135 Å². The van der Waals surface area contributed by atoms with Crippen LogP contribution in [0.2, 0.25) is 5.02 Å². The second-order valence-corrected chi connectivity index (χ2v) is 5.47. The van der Waals surface area contributed by atoms with Crippen LogP contribution in [-0.2, 0) is 9.59 Å². The van der Waals surface area contributed by atoms with E-state index in [-0.39, 0.29) is 12.3 Å². The maximum absolute atomic E-state index is 11.5. The number of nitrogens with one attached hydrogen (secondary N) is 1. The molecule has 0 radical (unpaired) electrons. The van der Waals surface area contributed by atoms with Crippen molar-refractivity contribution in [3.63, 3.8) is 0 Å². The number of benzene rings is 1. The van der Waals surface area contributed by atoms with Gasteiger partial charge in [0, 0.05) is 24.4 Å². The lowest BCUT2D eigenvalue weighted by Crippen LogP contribution is -2.24. The van der Waals surface area contributed by atoms with Crippen molar-refractivity contribution in [3.05, 3.63) is 28.8 Å². The molecule has 0 atom stereocenters. The van der Waals surface area contributed by atoms with E-state index in [0.29, 0.717) is 43.9 Å². The summed E-state index contributed by atoms with van der Waals surface area (Å²) in [6.07, 6.45) is 2.42. The molecule has 122 valence electrons. The van der Waals surface area contributed by atoms with Gasteiger partial charge in [-0.3, -0.25) is 9.59 Å². The largest absolute Gasteiger partial charge is 0.494 e. The van der Waals surface area contributed by atoms with E-state index in [1.807, 2.05) is 13.0 Å². The van der Waals surface area contributed by atoms with Gasteiger partial charge in [-0.25, -0.2) is 0 Å². The minimum atomic E-state index is -0.805. The number of carboxylic acid groups (broad SMARTS) is 1. The fourth-order valence-electron chi connectivity index (χ4n) is 1.85. The molecule has 0 heterocycles. The molecule has 1 amide bonds. The molecule has 0 bridgehead atoms. The summed E-state index contributed by atoms with van der Waals surface area (Å²) >= 11 is 5.93. The summed E-state index contributed by atoms with van der Waals surface area (Å²) in [7, 11) is 0. The molecular weight excluding hydrogens is 306 g/mol. The highest BCUT2D eigenvalue weighted by molar-refractivity contribution is 6.31. The van der Waals surface area contributed by atoms with Crippen LogP contribution in [-0.4, -0.2) is 30.1 Å². The average molecular weight is 328 g/mol. The molecule has 0 fully saturated rings. The Morgan fingerprint density at radius 2 is 2.00 bits per heavy atom. The number of hydrogen-bond donors (Lipinski definition) is 2. The number of aliphatic carboxylic acids is 1. The van der Waals surface area contributed by atoms with Crippen LogP contribution in [0.3, 0.4) is 0 Å². The van der Waals surface area contributed by atoms with Gasteiger partial charge in [-0.1, -0.05) is 11.6 Å². The molecule has 6 heteroatoms. The summed E-state index contributed by atoms with van der Waals surface area (Å²) in [5.41, 5.74) is 0.957. The first-order chi connectivity index (χ1) is 10.5. The van der Waals surface area contributed by atoms with Crippen molar-refractivity contribution in [2.45, 2.75) is 39.0 Å². The quantitative estimate of drug-likeness (QED) is 0.647. The van der Waals surface area contributed by atoms with Crippen LogP contribution in [0.25, 0.3) is 0 Å². The third-order valence-electron chi connectivity index (χ3n) is 3.09. The van der Waals surface area contributed by atoms with Crippen molar-refractivity contribution in [2.75, 3.05) is 13.2 Å². The molecule has 0 aromatic heterocycles. The van der Waals surface area contributed by atoms with Gasteiger partial charge in [0.2, 0.25) is 5.91 Å². The Kier molecular flexibility index (Phi) is 8.36. The Hall–Kier alpha value is -1.75. The van der Waals surface area contributed by atoms with E-state index in [4.69, 9.17) is 21.4 Å². The van der Waals surface area contributed by atoms with Crippen molar-refractivity contribution in [2.24, 2.45) is 0 Å². The second kappa shape index (κ2) is 10.1. The lowest BCUT2D eigenvalue weighted by atomic mass is 10.2. The number of carboxylic acids is 1. The number of ether oxygens (including phenoxy) is 1. The number of carbonyl (C=O) groups excluding carboxylic acids is 1. The fraction of sp³-hybridized carbons (Fsp3) is 0.500. The van der Waals surface area contributed by atoms with Crippen molar-refractivity contribution < 1.29 is 19.4 Å². The number of amides is 1. The molecule has 0 unspecified atom stereocenters. The van der Waals surface area contributed by atoms with Crippen LogP contribution in [0.5, 0.6) is 5.75 Å². The zero-order valence-corrected chi connectivity index (χ0v) is 13.5. The van der Waals surface area contributed by atoms with Gasteiger partial charge in [0.15, 0.2) is 0 Å². The Balaban J connectivity index is 2.07. The zero-order valence-electron chi connectivity index (χ0n) is 12.7. The SMILES string of the molecule is Cc1cc(OCCCC(=O)NCCCCC(=O)O)ccc1Cl. The van der Waals surface area contributed by atoms with Crippen LogP contribution in [0.4, 0.5) is 0 Å². The van der Waals surface area contributed by atoms with Gasteiger partial charge in [0.1, 0.15) is 5.75 Å². The van der Waals surface area contributed by atoms with Crippen molar-refractivity contribution in [1.29, 1.82) is 0 Å². The van der Waals surface area contributed by atoms with Gasteiger partial charge in [-0.15, -0.1) is 0 Å². The monoisotopic (exact) mass is 327 g/mol. The summed E-state index contributed by atoms with van der Waals surface area (Å²) in [6.45, 7) is 2.89. The first-order valence-electron chi connectivity index (χ1n) is 7.36. The smallest absolute Gasteiger partial charge is 0.303 e. The van der Waals surface area contributed by atoms with Crippen LogP contribution in [0.1, 0.15) is 37.7 Å². The maximum atomic E-state index is 11.5. The Morgan fingerprint density at radius 1 is 1.23 bits per heavy atom. The highest BCUT2D eigenvalue weighted by Crippen LogP contribution is 2.21. The van der Waals surface area contributed by atoms with Gasteiger partial charge < -0.3 is 15.2 Å². The van der Waals surface area contributed by atoms with Crippen LogP contribution < -0.4 is 10.1 Å². The van der Waals surface area contributed by atoms with Gasteiger partial charge in [0.05, 0.1) is 6.61 Å². The molecule has 0 saturated carbocycles. The lowest BCUT2D eigenvalue weighted by Gasteiger charge is -2.08. The Morgan fingerprint density at radius 3 is 2.68 bits per heavy atom. The maximum Gasteiger partial charge on any atom is 0.303 e. The number of aryl methyl sites for hydroxylation is 1. The molecule has 0 aliphatic heterocycles. The predicted octanol–water partition coefficient (Wildman–Crippen LogP) is 3.18. The third-order valence-corrected chi connectivity index (χ3v) is 3.51. The molecule has 0 spiro atoms. The molecular formula is C16H22ClNO4. The van der Waals surface area contributed by atoms with E-state index in [1.165, 1.54) is 0 Å². The fourth-order valence-corrected chi connectivity index (χ4v) is 1.96. The number of halogens is 1. The molecule has 1 aromatic rings. The predicted molar refractivity (Wildman–Crippen MR) is 85.4 cm³/mol. The van der Waals surface area contributed by atoms with E-state index in [2.05, 4.69) is 5.32 Å². The highest BCUT2D eigenvalue weighted by atomic mass is 35.5. The molecule has 1 aromatic carbocycles. The minimum absolute atomic E-state index is 0.0359. The highest BCUT2D eigenvalue weighted by Gasteiger charge is 2.03. The van der Waals surface area contributed by atoms with E-state index in [1.54, 1.807) is 12.1 Å². The molecule has 1 rings (SSSR count). The van der Waals surface area contributed by atoms with Crippen molar-refractivity contribution in [3.8, 4) is 5.75 Å². The number of hydrogen-bond acceptors (Lipinski definition) is 3. The standard InChI is InChI=1S/C16H22ClNO4/c1-12-11-13(7-8-14(12)17)22-10-4-5-15(19)18-9-3-2-6-16(20)21/h7-8,11H,2-6,9-10H2,1H3,(H,18,19)(H,20,21). The van der Waals surface area contributed by atoms with Gasteiger partial charge in [-0.05, 0) is 49.9 Å². The molecule has 5 nitrogen and oxygen atoms in total. The summed E-state index contributed by atoms with van der Waals surface area (Å²) in [6, 6.07) is 5.46. The number of carbonyl (C=O) groups is 2. The first kappa shape index (κ1) is 18.3. The minimum Gasteiger partial charge on any atom is -0.494 e. The van der Waals surface area contributed by atoms with Gasteiger partial charge in [-0.2, -0.15) is 0 Å². The molecule has 0 aliphatic carbocycles. The number of rotatable bonds is 10. The van der Waals surface area contributed by atoms with Crippen LogP contribution in [0, 0.1) is 6.92 Å². The van der Waals surface area contributed by atoms with E-state index < -0.39 is 5.97 Å². The summed E-state index contributed by atoms with van der Waals surface area (Å²) < 4.78 is 5.56. The van der Waals surface area contributed by atoms with Crippen molar-refractivity contribution >= 4 is 23.5 Å². The van der Waals surface area contributed by atoms with Crippen molar-refractivity contribution in [1.82, 2.24) is 5.32 Å². The number of unbranched alkanes of at least 4 members (excludes halogenated alkanes) is 1. The zero-order chi connectivity index (χ0) is 16.4. The van der Waals surface area contributed by atoms with E-state index in [9.17, 15) is 9.59 Å². The summed E-state index contributed by atoms with van der Waals surface area (Å²) in [5, 5.41) is 12.0. The van der Waals surface area contributed by atoms with Crippen LogP contribution in [0.15, 0.2) is 18.2 Å². The Bertz CT molecular complexity index is 505. The van der Waals surface area contributed by atoms with E-state index >= 15 is 0 Å².